The molecule has 0 saturated heterocycles. The quantitative estimate of drug-likeness (QED) is 0.860. The third-order valence-electron chi connectivity index (χ3n) is 3.18. The van der Waals surface area contributed by atoms with Gasteiger partial charge in [-0.2, -0.15) is 0 Å². The van der Waals surface area contributed by atoms with Gasteiger partial charge in [-0.25, -0.2) is 9.59 Å². The second-order valence-corrected chi connectivity index (χ2v) is 4.61. The van der Waals surface area contributed by atoms with Gasteiger partial charge in [-0.3, -0.25) is 0 Å². The molecular weight excluding hydrogens is 272 g/mol. The average Bonchev–Trinajstić information content (AvgIpc) is 2.47. The summed E-state index contributed by atoms with van der Waals surface area (Å²) in [7, 11) is 3.17. The molecule has 112 valence electrons. The smallest absolute Gasteiger partial charge is 0.412 e. The maximum absolute atomic E-state index is 11.7. The number of anilines is 1. The zero-order valence-electron chi connectivity index (χ0n) is 12.3. The molecule has 6 nitrogen and oxygen atoms in total. The molecule has 21 heavy (non-hydrogen) atoms. The molecule has 1 aromatic rings. The molecule has 1 aliphatic heterocycles. The number of hydrogen-bond acceptors (Lipinski definition) is 5. The average molecular weight is 290 g/mol. The van der Waals surface area contributed by atoms with Crippen molar-refractivity contribution < 1.29 is 19.1 Å². The summed E-state index contributed by atoms with van der Waals surface area (Å²) in [5, 5.41) is 2.58. The summed E-state index contributed by atoms with van der Waals surface area (Å²) in [5.41, 5.74) is 2.19. The number of benzene rings is 1. The molecule has 0 aromatic heterocycles. The first kappa shape index (κ1) is 14.9. The minimum absolute atomic E-state index is 0.363. The molecule has 0 bridgehead atoms. The van der Waals surface area contributed by atoms with Gasteiger partial charge >= 0.3 is 12.1 Å². The van der Waals surface area contributed by atoms with Crippen molar-refractivity contribution in [2.45, 2.75) is 13.3 Å². The van der Waals surface area contributed by atoms with E-state index in [1.165, 1.54) is 7.11 Å². The Morgan fingerprint density at radius 1 is 1.38 bits per heavy atom. The number of rotatable bonds is 3. The van der Waals surface area contributed by atoms with Crippen LogP contribution in [0.3, 0.4) is 0 Å². The van der Waals surface area contributed by atoms with Crippen molar-refractivity contribution in [2.24, 2.45) is 0 Å². The molecule has 0 unspecified atom stereocenters. The van der Waals surface area contributed by atoms with E-state index in [0.717, 1.165) is 11.3 Å². The Hall–Kier alpha value is -2.50. The number of nitrogens with one attached hydrogen (secondary N) is 1. The van der Waals surface area contributed by atoms with Crippen molar-refractivity contribution >= 4 is 17.7 Å². The number of amides is 1. The lowest BCUT2D eigenvalue weighted by atomic mass is 9.99. The molecule has 2 rings (SSSR count). The molecular formula is C15H18N2O4. The first-order valence-corrected chi connectivity index (χ1v) is 6.66. The number of carbonyl (C=O) groups excluding carboxylic acids is 2. The number of carbonyl (C=O) groups is 2. The fourth-order valence-corrected chi connectivity index (χ4v) is 2.23. The molecule has 0 atom stereocenters. The number of esters is 1. The highest BCUT2D eigenvalue weighted by atomic mass is 16.6. The Morgan fingerprint density at radius 3 is 2.81 bits per heavy atom. The van der Waals surface area contributed by atoms with Crippen molar-refractivity contribution in [1.82, 2.24) is 5.32 Å². The van der Waals surface area contributed by atoms with E-state index in [1.54, 1.807) is 18.3 Å². The van der Waals surface area contributed by atoms with Crippen LogP contribution in [0.4, 0.5) is 10.5 Å². The minimum atomic E-state index is -0.511. The number of fused-ring (bicyclic) bond motifs is 1. The zero-order valence-corrected chi connectivity index (χ0v) is 12.3. The standard InChI is InChI=1S/C15H18N2O4/c1-4-16-15(19)21-13-7-5-6-12-11(13)8-10(9-17(12)2)14(18)20-3/h5-7,9H,4,8H2,1-3H3,(H,16,19). The van der Waals surface area contributed by atoms with E-state index in [-0.39, 0.29) is 5.97 Å². The van der Waals surface area contributed by atoms with Crippen LogP contribution in [0.2, 0.25) is 0 Å². The Bertz CT molecular complexity index is 595. The maximum Gasteiger partial charge on any atom is 0.412 e. The van der Waals surface area contributed by atoms with E-state index in [0.29, 0.717) is 24.3 Å². The molecule has 0 saturated carbocycles. The van der Waals surface area contributed by atoms with E-state index in [9.17, 15) is 9.59 Å². The van der Waals surface area contributed by atoms with Crippen LogP contribution in [-0.2, 0) is 16.0 Å². The maximum atomic E-state index is 11.7. The van der Waals surface area contributed by atoms with E-state index in [4.69, 9.17) is 9.47 Å². The highest BCUT2D eigenvalue weighted by Crippen LogP contribution is 2.35. The van der Waals surface area contributed by atoms with Gasteiger partial charge in [-0.05, 0) is 19.1 Å². The second kappa shape index (κ2) is 6.30. The fourth-order valence-electron chi connectivity index (χ4n) is 2.23. The normalized spacial score (nSPS) is 13.1. The van der Waals surface area contributed by atoms with Crippen LogP contribution in [0.25, 0.3) is 0 Å². The first-order chi connectivity index (χ1) is 10.1. The van der Waals surface area contributed by atoms with E-state index >= 15 is 0 Å². The molecule has 0 fully saturated rings. The Kier molecular flexibility index (Phi) is 4.47. The van der Waals surface area contributed by atoms with Gasteiger partial charge in [-0.1, -0.05) is 6.07 Å². The van der Waals surface area contributed by atoms with Gasteiger partial charge in [0.25, 0.3) is 0 Å². The first-order valence-electron chi connectivity index (χ1n) is 6.66. The van der Waals surface area contributed by atoms with Gasteiger partial charge in [0.05, 0.1) is 12.7 Å². The van der Waals surface area contributed by atoms with E-state index in [1.807, 2.05) is 24.9 Å². The second-order valence-electron chi connectivity index (χ2n) is 4.61. The fraction of sp³-hybridized carbons (Fsp3) is 0.333. The highest BCUT2D eigenvalue weighted by molar-refractivity contribution is 5.91. The molecule has 0 spiro atoms. The molecule has 0 aliphatic carbocycles. The van der Waals surface area contributed by atoms with Crippen LogP contribution >= 0.6 is 0 Å². The summed E-state index contributed by atoms with van der Waals surface area (Å²) in [6.45, 7) is 2.30. The van der Waals surface area contributed by atoms with Crippen molar-refractivity contribution in [2.75, 3.05) is 25.6 Å². The predicted molar refractivity (Wildman–Crippen MR) is 78.3 cm³/mol. The van der Waals surface area contributed by atoms with Gasteiger partial charge in [0.15, 0.2) is 0 Å². The predicted octanol–water partition coefficient (Wildman–Crippen LogP) is 1.84. The molecule has 6 heteroatoms. The SMILES string of the molecule is CCNC(=O)Oc1cccc2c1CC(C(=O)OC)=CN2C. The number of ether oxygens (including phenoxy) is 2. The van der Waals surface area contributed by atoms with Crippen molar-refractivity contribution in [3.63, 3.8) is 0 Å². The lowest BCUT2D eigenvalue weighted by molar-refractivity contribution is -0.136. The Balaban J connectivity index is 2.32. The van der Waals surface area contributed by atoms with Crippen molar-refractivity contribution in [3.05, 3.63) is 35.5 Å². The van der Waals surface area contributed by atoms with Crippen LogP contribution in [0, 0.1) is 0 Å². The highest BCUT2D eigenvalue weighted by Gasteiger charge is 2.24. The molecule has 1 aliphatic rings. The molecule has 1 N–H and O–H groups in total. The minimum Gasteiger partial charge on any atom is -0.466 e. The Labute approximate surface area is 123 Å². The third kappa shape index (κ3) is 3.16. The summed E-state index contributed by atoms with van der Waals surface area (Å²) in [5.74, 6) is 0.0557. The molecule has 1 aromatic carbocycles. The van der Waals surface area contributed by atoms with Gasteiger partial charge in [-0.15, -0.1) is 0 Å². The van der Waals surface area contributed by atoms with Crippen LogP contribution in [0.1, 0.15) is 12.5 Å². The summed E-state index contributed by atoms with van der Waals surface area (Å²) in [6.07, 6.45) is 1.58. The lowest BCUT2D eigenvalue weighted by Gasteiger charge is -2.26. The third-order valence-corrected chi connectivity index (χ3v) is 3.18. The van der Waals surface area contributed by atoms with Gasteiger partial charge in [0.1, 0.15) is 5.75 Å². The van der Waals surface area contributed by atoms with Gasteiger partial charge < -0.3 is 19.7 Å². The van der Waals surface area contributed by atoms with Crippen LogP contribution in [-0.4, -0.2) is 32.8 Å². The number of hydrogen-bond donors (Lipinski definition) is 1. The molecule has 1 amide bonds. The van der Waals surface area contributed by atoms with Crippen molar-refractivity contribution in [1.29, 1.82) is 0 Å². The van der Waals surface area contributed by atoms with Crippen LogP contribution in [0.5, 0.6) is 5.75 Å². The summed E-state index contributed by atoms with van der Waals surface area (Å²) >= 11 is 0. The van der Waals surface area contributed by atoms with Crippen LogP contribution in [0.15, 0.2) is 30.0 Å². The monoisotopic (exact) mass is 290 g/mol. The van der Waals surface area contributed by atoms with Crippen LogP contribution < -0.4 is 15.0 Å². The summed E-state index contributed by atoms with van der Waals surface area (Å²) in [4.78, 5) is 25.1. The van der Waals surface area contributed by atoms with Gasteiger partial charge in [0.2, 0.25) is 0 Å². The van der Waals surface area contributed by atoms with E-state index < -0.39 is 6.09 Å². The number of methoxy groups -OCH3 is 1. The zero-order chi connectivity index (χ0) is 15.4. The largest absolute Gasteiger partial charge is 0.466 e. The van der Waals surface area contributed by atoms with E-state index in [2.05, 4.69) is 5.32 Å². The Morgan fingerprint density at radius 2 is 2.14 bits per heavy atom. The van der Waals surface area contributed by atoms with Gasteiger partial charge in [0, 0.05) is 37.5 Å². The summed E-state index contributed by atoms with van der Waals surface area (Å²) in [6, 6.07) is 5.42. The number of nitrogens with zero attached hydrogens (tertiary/aromatic N) is 1. The topological polar surface area (TPSA) is 67.9 Å². The molecule has 1 heterocycles. The van der Waals surface area contributed by atoms with Crippen molar-refractivity contribution in [3.8, 4) is 5.75 Å². The lowest BCUT2D eigenvalue weighted by Crippen LogP contribution is -2.28. The molecule has 0 radical (unpaired) electrons. The summed E-state index contributed by atoms with van der Waals surface area (Å²) < 4.78 is 10.1.